The van der Waals surface area contributed by atoms with Crippen molar-refractivity contribution in [1.82, 2.24) is 4.57 Å². The molecule has 1 aliphatic carbocycles. The molecule has 0 fully saturated rings. The van der Waals surface area contributed by atoms with Crippen LogP contribution in [0.5, 0.6) is 0 Å². The van der Waals surface area contributed by atoms with Crippen LogP contribution in [-0.4, -0.2) is 4.57 Å². The van der Waals surface area contributed by atoms with Gasteiger partial charge in [0.2, 0.25) is 0 Å². The number of benzene rings is 11. The average Bonchev–Trinajstić information content (AvgIpc) is 3.90. The van der Waals surface area contributed by atoms with Crippen molar-refractivity contribution in [2.24, 2.45) is 0 Å². The molecule has 318 valence electrons. The summed E-state index contributed by atoms with van der Waals surface area (Å²) < 4.78 is 2.56. The molecule has 3 heteroatoms. The van der Waals surface area contributed by atoms with E-state index in [2.05, 4.69) is 275 Å². The van der Waals surface area contributed by atoms with Crippen LogP contribution in [0.2, 0.25) is 0 Å². The van der Waals surface area contributed by atoms with E-state index in [0.29, 0.717) is 0 Å². The summed E-state index contributed by atoms with van der Waals surface area (Å²) >= 11 is 0. The molecule has 12 aromatic rings. The van der Waals surface area contributed by atoms with Gasteiger partial charge in [0, 0.05) is 44.9 Å². The second kappa shape index (κ2) is 15.1. The van der Waals surface area contributed by atoms with Gasteiger partial charge in [0.05, 0.1) is 22.1 Å². The number of anilines is 6. The van der Waals surface area contributed by atoms with Crippen LogP contribution in [0.25, 0.3) is 60.5 Å². The van der Waals surface area contributed by atoms with E-state index in [9.17, 15) is 0 Å². The van der Waals surface area contributed by atoms with Crippen molar-refractivity contribution in [3.05, 3.63) is 283 Å². The predicted octanol–water partition coefficient (Wildman–Crippen LogP) is 17.2. The van der Waals surface area contributed by atoms with E-state index in [1.165, 1.54) is 82.8 Å². The Morgan fingerprint density at radius 3 is 1.50 bits per heavy atom. The normalized spacial score (nSPS) is 12.8. The van der Waals surface area contributed by atoms with Gasteiger partial charge >= 0.3 is 0 Å². The number of nitrogens with zero attached hydrogens (tertiary/aromatic N) is 3. The van der Waals surface area contributed by atoms with Gasteiger partial charge < -0.3 is 14.4 Å². The zero-order valence-electron chi connectivity index (χ0n) is 37.2. The molecule has 0 unspecified atom stereocenters. The molecular weight excluding hydrogens is 823 g/mol. The fourth-order valence-electron chi connectivity index (χ4n) is 11.7. The van der Waals surface area contributed by atoms with Crippen molar-refractivity contribution in [2.75, 3.05) is 9.80 Å². The average molecular weight is 866 g/mol. The molecule has 0 saturated carbocycles. The molecule has 14 rings (SSSR count). The number of hydrogen-bond donors (Lipinski definition) is 0. The van der Waals surface area contributed by atoms with Gasteiger partial charge in [0.25, 0.3) is 0 Å². The summed E-state index contributed by atoms with van der Waals surface area (Å²) in [5.41, 5.74) is 19.6. The molecule has 11 aromatic carbocycles. The third-order valence-corrected chi connectivity index (χ3v) is 14.5. The first kappa shape index (κ1) is 38.4. The summed E-state index contributed by atoms with van der Waals surface area (Å²) in [7, 11) is 0. The number of fused-ring (bicyclic) bond motifs is 13. The Hall–Kier alpha value is -8.92. The second-order valence-electron chi connectivity index (χ2n) is 18.1. The molecule has 0 amide bonds. The number of aromatic nitrogens is 1. The van der Waals surface area contributed by atoms with Crippen LogP contribution in [-0.2, 0) is 5.41 Å². The lowest BCUT2D eigenvalue weighted by Gasteiger charge is -2.41. The molecule has 0 N–H and O–H groups in total. The quantitative estimate of drug-likeness (QED) is 0.158. The van der Waals surface area contributed by atoms with Crippen molar-refractivity contribution in [3.63, 3.8) is 0 Å². The zero-order chi connectivity index (χ0) is 44.8. The fourth-order valence-corrected chi connectivity index (χ4v) is 11.7. The van der Waals surface area contributed by atoms with E-state index in [1.807, 2.05) is 0 Å². The lowest BCUT2D eigenvalue weighted by atomic mass is 9.65. The highest BCUT2D eigenvalue weighted by Crippen LogP contribution is 2.62. The smallest absolute Gasteiger partial charge is 0.0756 e. The van der Waals surface area contributed by atoms with Crippen LogP contribution in [0, 0.1) is 0 Å². The number of hydrogen-bond acceptors (Lipinski definition) is 2. The van der Waals surface area contributed by atoms with Crippen molar-refractivity contribution in [2.45, 2.75) is 5.41 Å². The summed E-state index contributed by atoms with van der Waals surface area (Å²) in [4.78, 5) is 4.87. The van der Waals surface area contributed by atoms with E-state index in [0.717, 1.165) is 34.1 Å². The van der Waals surface area contributed by atoms with Crippen LogP contribution < -0.4 is 9.80 Å². The van der Waals surface area contributed by atoms with Crippen molar-refractivity contribution < 1.29 is 0 Å². The third-order valence-electron chi connectivity index (χ3n) is 14.5. The van der Waals surface area contributed by atoms with Gasteiger partial charge in [-0.1, -0.05) is 176 Å². The van der Waals surface area contributed by atoms with Gasteiger partial charge in [-0.2, -0.15) is 0 Å². The van der Waals surface area contributed by atoms with Crippen LogP contribution in [0.3, 0.4) is 0 Å². The number of rotatable bonds is 7. The summed E-state index contributed by atoms with van der Waals surface area (Å²) in [5, 5.41) is 4.89. The van der Waals surface area contributed by atoms with Gasteiger partial charge in [-0.15, -0.1) is 0 Å². The third kappa shape index (κ3) is 5.60. The van der Waals surface area contributed by atoms with Gasteiger partial charge in [0.1, 0.15) is 0 Å². The molecule has 68 heavy (non-hydrogen) atoms. The summed E-state index contributed by atoms with van der Waals surface area (Å²) in [6.45, 7) is 0. The molecule has 0 radical (unpaired) electrons. The molecule has 1 spiro atoms. The van der Waals surface area contributed by atoms with Gasteiger partial charge in [0.15, 0.2) is 0 Å². The lowest BCUT2D eigenvalue weighted by molar-refractivity contribution is 0.748. The van der Waals surface area contributed by atoms with Crippen LogP contribution in [0.4, 0.5) is 34.1 Å². The Balaban J connectivity index is 1.09. The first-order chi connectivity index (χ1) is 33.7. The monoisotopic (exact) mass is 865 g/mol. The van der Waals surface area contributed by atoms with Crippen molar-refractivity contribution in [1.29, 1.82) is 0 Å². The summed E-state index contributed by atoms with van der Waals surface area (Å²) in [6.07, 6.45) is 0. The van der Waals surface area contributed by atoms with E-state index in [-0.39, 0.29) is 0 Å². The van der Waals surface area contributed by atoms with Crippen molar-refractivity contribution >= 4 is 66.7 Å². The van der Waals surface area contributed by atoms with Crippen LogP contribution in [0.1, 0.15) is 22.3 Å². The van der Waals surface area contributed by atoms with E-state index >= 15 is 0 Å². The van der Waals surface area contributed by atoms with Gasteiger partial charge in [-0.25, -0.2) is 0 Å². The Morgan fingerprint density at radius 2 is 0.794 bits per heavy atom. The Labute approximate surface area is 395 Å². The summed E-state index contributed by atoms with van der Waals surface area (Å²) in [5.74, 6) is 0. The summed E-state index contributed by atoms with van der Waals surface area (Å²) in [6, 6.07) is 96.3. The van der Waals surface area contributed by atoms with E-state index < -0.39 is 5.41 Å². The second-order valence-corrected chi connectivity index (χ2v) is 18.1. The first-order valence-electron chi connectivity index (χ1n) is 23.5. The molecule has 2 aliphatic rings. The molecule has 1 aromatic heterocycles. The Bertz CT molecular complexity index is 3860. The maximum atomic E-state index is 2.56. The van der Waals surface area contributed by atoms with E-state index in [4.69, 9.17) is 0 Å². The van der Waals surface area contributed by atoms with E-state index in [1.54, 1.807) is 0 Å². The fraction of sp³-hybridized carbons (Fsp3) is 0.0154. The lowest BCUT2D eigenvalue weighted by Crippen LogP contribution is -2.34. The molecule has 0 saturated heterocycles. The largest absolute Gasteiger partial charge is 0.310 e. The molecule has 3 nitrogen and oxygen atoms in total. The van der Waals surface area contributed by atoms with Crippen molar-refractivity contribution in [3.8, 4) is 27.9 Å². The SMILES string of the molecule is c1ccc(-c2ccc(N(c3ccccc3)c3ccc4c(c3)C3(c5ccccc5-c5ccccc53)c3cc(N(c5ccccc5)c5ccc6ccccc6c5)cc5c6ccccc6n-4c35)cc2)cc1. The Morgan fingerprint density at radius 1 is 0.294 bits per heavy atom. The van der Waals surface area contributed by atoms with Crippen LogP contribution in [0.15, 0.2) is 261 Å². The topological polar surface area (TPSA) is 11.4 Å². The highest BCUT2D eigenvalue weighted by molar-refractivity contribution is 6.14. The molecule has 1 aliphatic heterocycles. The molecular formula is C65H43N3. The molecule has 0 atom stereocenters. The molecule has 0 bridgehead atoms. The van der Waals surface area contributed by atoms with Gasteiger partial charge in [-0.05, 0) is 140 Å². The maximum absolute atomic E-state index is 2.56. The van der Waals surface area contributed by atoms with Crippen LogP contribution >= 0.6 is 0 Å². The predicted molar refractivity (Wildman–Crippen MR) is 284 cm³/mol. The van der Waals surface area contributed by atoms with Gasteiger partial charge in [-0.3, -0.25) is 0 Å². The highest BCUT2D eigenvalue weighted by atomic mass is 15.2. The number of para-hydroxylation sites is 3. The molecule has 2 heterocycles. The minimum atomic E-state index is -0.678. The maximum Gasteiger partial charge on any atom is 0.0756 e. The highest BCUT2D eigenvalue weighted by Gasteiger charge is 2.51. The minimum absolute atomic E-state index is 0.678. The Kier molecular flexibility index (Phi) is 8.50. The standard InChI is InChI=1S/C65H43N3/c1-4-18-44(19-5-1)46-32-35-50(36-33-46)66(48-22-6-2-7-23-48)52-38-39-63-60(42-52)65(58-29-15-12-26-54(58)55-27-13-16-30-59(55)65)61-43-53(41-57-56-28-14-17-31-62(56)68(63)64(57)61)67(49-24-8-3-9-25-49)51-37-34-45-20-10-11-21-47(45)40-51/h1-43H. The first-order valence-corrected chi connectivity index (χ1v) is 23.5. The zero-order valence-corrected chi connectivity index (χ0v) is 37.2. The minimum Gasteiger partial charge on any atom is -0.310 e.